The van der Waals surface area contributed by atoms with Gasteiger partial charge in [0.15, 0.2) is 23.2 Å². The van der Waals surface area contributed by atoms with E-state index in [-0.39, 0.29) is 22.3 Å². The van der Waals surface area contributed by atoms with Gasteiger partial charge in [0.25, 0.3) is 0 Å². The molecule has 0 saturated heterocycles. The standard InChI is InChI=1S/C28H22F4O2/c1-3-17-12-15-23(27(32)24(17)29)34-28(33)20-10-8-19(9-11-20)22-14-13-21(25(30)26(22)31)18-6-4-16(2)5-7-18/h4-15,28,33H,3H2,1-2H3. The number of rotatable bonds is 6. The Hall–Kier alpha value is -3.64. The highest BCUT2D eigenvalue weighted by molar-refractivity contribution is 5.72. The predicted octanol–water partition coefficient (Wildman–Crippen LogP) is 7.52. The minimum Gasteiger partial charge on any atom is -0.458 e. The summed E-state index contributed by atoms with van der Waals surface area (Å²) in [6.45, 7) is 3.60. The van der Waals surface area contributed by atoms with Gasteiger partial charge in [-0.3, -0.25) is 0 Å². The molecule has 4 rings (SSSR count). The lowest BCUT2D eigenvalue weighted by Crippen LogP contribution is -2.08. The van der Waals surface area contributed by atoms with E-state index in [0.29, 0.717) is 17.5 Å². The van der Waals surface area contributed by atoms with Crippen molar-refractivity contribution in [2.75, 3.05) is 0 Å². The van der Waals surface area contributed by atoms with Crippen LogP contribution in [-0.2, 0) is 6.42 Å². The van der Waals surface area contributed by atoms with Gasteiger partial charge in [-0.15, -0.1) is 0 Å². The van der Waals surface area contributed by atoms with Gasteiger partial charge in [0.2, 0.25) is 12.1 Å². The molecule has 1 atom stereocenters. The van der Waals surface area contributed by atoms with E-state index >= 15 is 0 Å². The monoisotopic (exact) mass is 466 g/mol. The first-order valence-electron chi connectivity index (χ1n) is 10.8. The van der Waals surface area contributed by atoms with Crippen molar-refractivity contribution in [1.29, 1.82) is 0 Å². The number of aliphatic hydroxyl groups excluding tert-OH is 1. The molecule has 0 aromatic heterocycles. The van der Waals surface area contributed by atoms with Crippen molar-refractivity contribution in [2.24, 2.45) is 0 Å². The number of hydrogen-bond donors (Lipinski definition) is 1. The molecule has 0 heterocycles. The van der Waals surface area contributed by atoms with Gasteiger partial charge in [-0.25, -0.2) is 13.2 Å². The molecule has 0 radical (unpaired) electrons. The third-order valence-corrected chi connectivity index (χ3v) is 5.70. The average molecular weight is 466 g/mol. The normalized spacial score (nSPS) is 12.0. The lowest BCUT2D eigenvalue weighted by Gasteiger charge is -2.16. The molecule has 0 aliphatic rings. The van der Waals surface area contributed by atoms with Crippen molar-refractivity contribution in [1.82, 2.24) is 0 Å². The maximum Gasteiger partial charge on any atom is 0.224 e. The van der Waals surface area contributed by atoms with Gasteiger partial charge in [-0.2, -0.15) is 4.39 Å². The highest BCUT2D eigenvalue weighted by Crippen LogP contribution is 2.33. The summed E-state index contributed by atoms with van der Waals surface area (Å²) in [5.74, 6) is -4.57. The number of aliphatic hydroxyl groups is 1. The van der Waals surface area contributed by atoms with Crippen LogP contribution in [0.4, 0.5) is 17.6 Å². The summed E-state index contributed by atoms with van der Waals surface area (Å²) in [7, 11) is 0. The Balaban J connectivity index is 1.56. The Morgan fingerprint density at radius 1 is 0.676 bits per heavy atom. The summed E-state index contributed by atoms with van der Waals surface area (Å²) in [4.78, 5) is 0. The van der Waals surface area contributed by atoms with Gasteiger partial charge >= 0.3 is 0 Å². The number of ether oxygens (including phenoxy) is 1. The highest BCUT2D eigenvalue weighted by Gasteiger charge is 2.19. The lowest BCUT2D eigenvalue weighted by molar-refractivity contribution is -0.0224. The third kappa shape index (κ3) is 4.54. The topological polar surface area (TPSA) is 29.5 Å². The number of hydrogen-bond acceptors (Lipinski definition) is 2. The molecular formula is C28H22F4O2. The van der Waals surface area contributed by atoms with Crippen LogP contribution in [0.1, 0.15) is 29.9 Å². The molecular weight excluding hydrogens is 444 g/mol. The van der Waals surface area contributed by atoms with Crippen LogP contribution < -0.4 is 4.74 Å². The number of halogens is 4. The van der Waals surface area contributed by atoms with Crippen molar-refractivity contribution < 1.29 is 27.4 Å². The quantitative estimate of drug-likeness (QED) is 0.235. The van der Waals surface area contributed by atoms with E-state index in [2.05, 4.69) is 0 Å². The zero-order chi connectivity index (χ0) is 24.4. The van der Waals surface area contributed by atoms with Gasteiger partial charge in [-0.05, 0) is 36.1 Å². The Bertz CT molecular complexity index is 1320. The second-order valence-electron chi connectivity index (χ2n) is 7.95. The highest BCUT2D eigenvalue weighted by atomic mass is 19.2. The molecule has 0 aliphatic heterocycles. The molecule has 0 fully saturated rings. The fourth-order valence-corrected chi connectivity index (χ4v) is 3.68. The predicted molar refractivity (Wildman–Crippen MR) is 123 cm³/mol. The molecule has 0 aliphatic carbocycles. The van der Waals surface area contributed by atoms with Crippen LogP contribution in [0.3, 0.4) is 0 Å². The maximum absolute atomic E-state index is 14.9. The second-order valence-corrected chi connectivity index (χ2v) is 7.95. The molecule has 2 nitrogen and oxygen atoms in total. The van der Waals surface area contributed by atoms with Crippen LogP contribution in [0.15, 0.2) is 72.8 Å². The fraction of sp³-hybridized carbons (Fsp3) is 0.143. The Kier molecular flexibility index (Phi) is 6.70. The summed E-state index contributed by atoms with van der Waals surface area (Å²) in [5.41, 5.74) is 2.61. The maximum atomic E-state index is 14.9. The van der Waals surface area contributed by atoms with Gasteiger partial charge in [0.1, 0.15) is 0 Å². The molecule has 0 bridgehead atoms. The summed E-state index contributed by atoms with van der Waals surface area (Å²) < 4.78 is 63.0. The minimum absolute atomic E-state index is 0.0542. The van der Waals surface area contributed by atoms with E-state index < -0.39 is 35.3 Å². The van der Waals surface area contributed by atoms with E-state index in [1.54, 1.807) is 19.1 Å². The van der Waals surface area contributed by atoms with Crippen molar-refractivity contribution in [3.8, 4) is 28.0 Å². The summed E-state index contributed by atoms with van der Waals surface area (Å²) in [6.07, 6.45) is -1.27. The summed E-state index contributed by atoms with van der Waals surface area (Å²) >= 11 is 0. The average Bonchev–Trinajstić information content (AvgIpc) is 2.84. The van der Waals surface area contributed by atoms with E-state index in [4.69, 9.17) is 4.74 Å². The van der Waals surface area contributed by atoms with Crippen LogP contribution in [0.25, 0.3) is 22.3 Å². The first kappa shape index (κ1) is 23.5. The first-order valence-corrected chi connectivity index (χ1v) is 10.8. The van der Waals surface area contributed by atoms with Crippen molar-refractivity contribution in [2.45, 2.75) is 26.6 Å². The van der Waals surface area contributed by atoms with E-state index in [1.807, 2.05) is 19.1 Å². The summed E-state index contributed by atoms with van der Waals surface area (Å²) in [5, 5.41) is 10.3. The van der Waals surface area contributed by atoms with Gasteiger partial charge in [-0.1, -0.05) is 79.2 Å². The van der Waals surface area contributed by atoms with Crippen LogP contribution in [0, 0.1) is 30.2 Å². The number of aryl methyl sites for hydroxylation is 2. The third-order valence-electron chi connectivity index (χ3n) is 5.70. The molecule has 1 N–H and O–H groups in total. The number of benzene rings is 4. The molecule has 0 amide bonds. The Morgan fingerprint density at radius 3 is 1.74 bits per heavy atom. The molecule has 0 saturated carbocycles. The van der Waals surface area contributed by atoms with E-state index in [0.717, 1.165) is 5.56 Å². The summed E-state index contributed by atoms with van der Waals surface area (Å²) in [6, 6.07) is 18.6. The first-order chi connectivity index (χ1) is 16.3. The molecule has 34 heavy (non-hydrogen) atoms. The molecule has 4 aromatic rings. The lowest BCUT2D eigenvalue weighted by atomic mass is 9.97. The zero-order valence-electron chi connectivity index (χ0n) is 18.6. The van der Waals surface area contributed by atoms with Crippen LogP contribution >= 0.6 is 0 Å². The van der Waals surface area contributed by atoms with Crippen LogP contribution in [0.2, 0.25) is 0 Å². The molecule has 1 unspecified atom stereocenters. The largest absolute Gasteiger partial charge is 0.458 e. The van der Waals surface area contributed by atoms with Gasteiger partial charge in [0.05, 0.1) is 0 Å². The van der Waals surface area contributed by atoms with Crippen molar-refractivity contribution in [3.63, 3.8) is 0 Å². The molecule has 174 valence electrons. The Labute approximate surface area is 195 Å². The van der Waals surface area contributed by atoms with Crippen molar-refractivity contribution in [3.05, 3.63) is 113 Å². The Morgan fingerprint density at radius 2 is 1.21 bits per heavy atom. The van der Waals surface area contributed by atoms with Crippen molar-refractivity contribution >= 4 is 0 Å². The van der Waals surface area contributed by atoms with Gasteiger partial charge in [0, 0.05) is 16.7 Å². The molecule has 6 heteroatoms. The zero-order valence-corrected chi connectivity index (χ0v) is 18.6. The van der Waals surface area contributed by atoms with E-state index in [1.165, 1.54) is 48.5 Å². The van der Waals surface area contributed by atoms with Crippen LogP contribution in [0.5, 0.6) is 5.75 Å². The van der Waals surface area contributed by atoms with Gasteiger partial charge < -0.3 is 9.84 Å². The second kappa shape index (κ2) is 9.69. The molecule has 0 spiro atoms. The fourth-order valence-electron chi connectivity index (χ4n) is 3.68. The van der Waals surface area contributed by atoms with Crippen LogP contribution in [-0.4, -0.2) is 5.11 Å². The van der Waals surface area contributed by atoms with E-state index in [9.17, 15) is 22.7 Å². The minimum atomic E-state index is -1.58. The molecule has 4 aromatic carbocycles. The SMILES string of the molecule is CCc1ccc(OC(O)c2ccc(-c3ccc(-c4ccc(C)cc4)c(F)c3F)cc2)c(F)c1F. The smallest absolute Gasteiger partial charge is 0.224 e.